The maximum atomic E-state index is 12.1. The fourth-order valence-corrected chi connectivity index (χ4v) is 2.75. The highest BCUT2D eigenvalue weighted by Crippen LogP contribution is 2.17. The Morgan fingerprint density at radius 3 is 2.71 bits per heavy atom. The minimum absolute atomic E-state index is 0.0746. The molecule has 21 heavy (non-hydrogen) atoms. The van der Waals surface area contributed by atoms with E-state index in [-0.39, 0.29) is 11.8 Å². The Balaban J connectivity index is 1.67. The van der Waals surface area contributed by atoms with Gasteiger partial charge < -0.3 is 10.2 Å². The summed E-state index contributed by atoms with van der Waals surface area (Å²) >= 11 is 0. The van der Waals surface area contributed by atoms with Gasteiger partial charge in [-0.15, -0.1) is 0 Å². The number of rotatable bonds is 5. The molecule has 0 radical (unpaired) electrons. The minimum atomic E-state index is -0.0746. The fourth-order valence-electron chi connectivity index (χ4n) is 2.75. The van der Waals surface area contributed by atoms with Crippen molar-refractivity contribution >= 4 is 11.8 Å². The number of hydrogen-bond acceptors (Lipinski definition) is 2. The van der Waals surface area contributed by atoms with E-state index in [4.69, 9.17) is 0 Å². The Labute approximate surface area is 126 Å². The largest absolute Gasteiger partial charge is 0.352 e. The number of carbonyl (C=O) groups excluding carboxylic acids is 2. The molecule has 1 aromatic carbocycles. The first-order valence-corrected chi connectivity index (χ1v) is 7.81. The number of likely N-dealkylation sites (tertiary alicyclic amines) is 1. The zero-order valence-corrected chi connectivity index (χ0v) is 12.7. The number of nitrogens with zero attached hydrogens (tertiary/aromatic N) is 1. The Bertz CT molecular complexity index is 473. The lowest BCUT2D eigenvalue weighted by molar-refractivity contribution is -0.134. The number of amides is 2. The van der Waals surface area contributed by atoms with E-state index in [0.717, 1.165) is 19.4 Å². The van der Waals surface area contributed by atoms with Crippen LogP contribution in [-0.4, -0.2) is 35.8 Å². The summed E-state index contributed by atoms with van der Waals surface area (Å²) in [7, 11) is 0. The van der Waals surface area contributed by atoms with Gasteiger partial charge in [0, 0.05) is 31.1 Å². The van der Waals surface area contributed by atoms with Gasteiger partial charge in [-0.3, -0.25) is 9.59 Å². The van der Waals surface area contributed by atoms with Gasteiger partial charge in [0.1, 0.15) is 0 Å². The van der Waals surface area contributed by atoms with Crippen LogP contribution in [0.2, 0.25) is 0 Å². The van der Waals surface area contributed by atoms with Crippen molar-refractivity contribution in [3.63, 3.8) is 0 Å². The molecule has 1 atom stereocenters. The lowest BCUT2D eigenvalue weighted by Crippen LogP contribution is -2.42. The molecule has 4 nitrogen and oxygen atoms in total. The smallest absolute Gasteiger partial charge is 0.251 e. The normalized spacial score (nSPS) is 18.3. The maximum Gasteiger partial charge on any atom is 0.251 e. The molecule has 1 aromatic rings. The highest BCUT2D eigenvalue weighted by atomic mass is 16.2. The first-order chi connectivity index (χ1) is 10.2. The second-order valence-electron chi connectivity index (χ2n) is 5.66. The van der Waals surface area contributed by atoms with Crippen LogP contribution < -0.4 is 5.32 Å². The van der Waals surface area contributed by atoms with Gasteiger partial charge in [-0.25, -0.2) is 0 Å². The molecule has 114 valence electrons. The summed E-state index contributed by atoms with van der Waals surface area (Å²) in [6.07, 6.45) is 4.65. The van der Waals surface area contributed by atoms with Crippen molar-refractivity contribution in [3.05, 3.63) is 35.9 Å². The third-order valence-corrected chi connectivity index (χ3v) is 4.01. The van der Waals surface area contributed by atoms with Gasteiger partial charge in [0.05, 0.1) is 0 Å². The zero-order chi connectivity index (χ0) is 15.1. The number of hydrogen-bond donors (Lipinski definition) is 1. The second-order valence-corrected chi connectivity index (χ2v) is 5.66. The molecule has 2 rings (SSSR count). The zero-order valence-electron chi connectivity index (χ0n) is 12.7. The van der Waals surface area contributed by atoms with Gasteiger partial charge in [0.25, 0.3) is 5.91 Å². The average molecular weight is 288 g/mol. The van der Waals surface area contributed by atoms with E-state index < -0.39 is 0 Å². The number of benzene rings is 1. The standard InChI is InChI=1S/C17H24N2O2/c1-14-8-5-6-13-19(14)16(20)11-7-12-18-17(21)15-9-3-2-4-10-15/h2-4,9-10,14H,5-8,11-13H2,1H3,(H,18,21). The first-order valence-electron chi connectivity index (χ1n) is 7.81. The van der Waals surface area contributed by atoms with Crippen LogP contribution in [0.3, 0.4) is 0 Å². The van der Waals surface area contributed by atoms with E-state index in [1.54, 1.807) is 12.1 Å². The van der Waals surface area contributed by atoms with Gasteiger partial charge in [0.2, 0.25) is 5.91 Å². The molecule has 1 aliphatic heterocycles. The molecule has 1 fully saturated rings. The van der Waals surface area contributed by atoms with Crippen molar-refractivity contribution in [2.24, 2.45) is 0 Å². The lowest BCUT2D eigenvalue weighted by atomic mass is 10.0. The first kappa shape index (κ1) is 15.5. The van der Waals surface area contributed by atoms with E-state index >= 15 is 0 Å². The van der Waals surface area contributed by atoms with Crippen molar-refractivity contribution in [2.45, 2.75) is 45.1 Å². The van der Waals surface area contributed by atoms with Crippen molar-refractivity contribution in [1.82, 2.24) is 10.2 Å². The van der Waals surface area contributed by atoms with E-state index in [1.165, 1.54) is 6.42 Å². The van der Waals surface area contributed by atoms with Crippen molar-refractivity contribution < 1.29 is 9.59 Å². The summed E-state index contributed by atoms with van der Waals surface area (Å²) in [5.74, 6) is 0.144. The summed E-state index contributed by atoms with van der Waals surface area (Å²) in [4.78, 5) is 26.0. The molecule has 2 amide bonds. The van der Waals surface area contributed by atoms with Gasteiger partial charge in [-0.2, -0.15) is 0 Å². The van der Waals surface area contributed by atoms with Crippen LogP contribution in [0.25, 0.3) is 0 Å². The van der Waals surface area contributed by atoms with Crippen LogP contribution in [-0.2, 0) is 4.79 Å². The number of nitrogens with one attached hydrogen (secondary N) is 1. The van der Waals surface area contributed by atoms with Crippen LogP contribution in [0.15, 0.2) is 30.3 Å². The second kappa shape index (κ2) is 7.81. The van der Waals surface area contributed by atoms with E-state index in [2.05, 4.69) is 12.2 Å². The molecule has 1 heterocycles. The van der Waals surface area contributed by atoms with Crippen LogP contribution in [0.1, 0.15) is 49.4 Å². The quantitative estimate of drug-likeness (QED) is 0.847. The SMILES string of the molecule is CC1CCCCN1C(=O)CCCNC(=O)c1ccccc1. The highest BCUT2D eigenvalue weighted by Gasteiger charge is 2.22. The Hall–Kier alpha value is -1.84. The number of carbonyl (C=O) groups is 2. The summed E-state index contributed by atoms with van der Waals surface area (Å²) in [5.41, 5.74) is 0.661. The minimum Gasteiger partial charge on any atom is -0.352 e. The Morgan fingerprint density at radius 1 is 1.24 bits per heavy atom. The molecule has 1 aliphatic rings. The van der Waals surface area contributed by atoms with E-state index in [0.29, 0.717) is 31.0 Å². The van der Waals surface area contributed by atoms with Crippen molar-refractivity contribution in [1.29, 1.82) is 0 Å². The summed E-state index contributed by atoms with van der Waals surface area (Å²) in [6, 6.07) is 9.51. The van der Waals surface area contributed by atoms with Crippen LogP contribution >= 0.6 is 0 Å². The maximum absolute atomic E-state index is 12.1. The van der Waals surface area contributed by atoms with Gasteiger partial charge >= 0.3 is 0 Å². The predicted molar refractivity (Wildman–Crippen MR) is 83.0 cm³/mol. The highest BCUT2D eigenvalue weighted by molar-refractivity contribution is 5.94. The summed E-state index contributed by atoms with van der Waals surface area (Å²) in [5, 5.41) is 2.86. The molecule has 0 aliphatic carbocycles. The molecule has 4 heteroatoms. The molecule has 0 saturated carbocycles. The van der Waals surface area contributed by atoms with Gasteiger partial charge in [-0.05, 0) is 44.7 Å². The Kier molecular flexibility index (Phi) is 5.78. The van der Waals surface area contributed by atoms with Crippen molar-refractivity contribution in [3.8, 4) is 0 Å². The molecule has 0 bridgehead atoms. The molecule has 1 N–H and O–H groups in total. The van der Waals surface area contributed by atoms with Crippen molar-refractivity contribution in [2.75, 3.05) is 13.1 Å². The molecule has 1 unspecified atom stereocenters. The molecule has 0 aromatic heterocycles. The number of piperidine rings is 1. The van der Waals surface area contributed by atoms with Crippen LogP contribution in [0, 0.1) is 0 Å². The third kappa shape index (κ3) is 4.59. The predicted octanol–water partition coefficient (Wildman–Crippen LogP) is 2.60. The Morgan fingerprint density at radius 2 is 2.00 bits per heavy atom. The monoisotopic (exact) mass is 288 g/mol. The summed E-state index contributed by atoms with van der Waals surface area (Å²) < 4.78 is 0. The van der Waals surface area contributed by atoms with Gasteiger partial charge in [0.15, 0.2) is 0 Å². The molecular formula is C17H24N2O2. The molecule has 0 spiro atoms. The van der Waals surface area contributed by atoms with E-state index in [1.807, 2.05) is 23.1 Å². The molecule has 1 saturated heterocycles. The average Bonchev–Trinajstić information content (AvgIpc) is 2.52. The topological polar surface area (TPSA) is 49.4 Å². The lowest BCUT2D eigenvalue weighted by Gasteiger charge is -2.33. The van der Waals surface area contributed by atoms with E-state index in [9.17, 15) is 9.59 Å². The molecular weight excluding hydrogens is 264 g/mol. The fraction of sp³-hybridized carbons (Fsp3) is 0.529. The van der Waals surface area contributed by atoms with Gasteiger partial charge in [-0.1, -0.05) is 18.2 Å². The van der Waals surface area contributed by atoms with Crippen LogP contribution in [0.5, 0.6) is 0 Å². The van der Waals surface area contributed by atoms with Crippen LogP contribution in [0.4, 0.5) is 0 Å². The summed E-state index contributed by atoms with van der Waals surface area (Å²) in [6.45, 7) is 3.55. The third-order valence-electron chi connectivity index (χ3n) is 4.01.